The van der Waals surface area contributed by atoms with Crippen LogP contribution in [-0.2, 0) is 6.54 Å². The zero-order valence-electron chi connectivity index (χ0n) is 12.8. The molecule has 1 aromatic carbocycles. The van der Waals surface area contributed by atoms with Gasteiger partial charge in [0.05, 0.1) is 5.52 Å². The van der Waals surface area contributed by atoms with Crippen LogP contribution in [0.25, 0.3) is 10.9 Å². The minimum absolute atomic E-state index is 0.230. The summed E-state index contributed by atoms with van der Waals surface area (Å²) in [7, 11) is 1.81. The Labute approximate surface area is 131 Å². The van der Waals surface area contributed by atoms with E-state index in [1.165, 1.54) is 4.57 Å². The third kappa shape index (κ3) is 3.15. The molecule has 0 bridgehead atoms. The Kier molecular flexibility index (Phi) is 4.00. The first-order chi connectivity index (χ1) is 10.8. The van der Waals surface area contributed by atoms with Crippen LogP contribution >= 0.6 is 0 Å². The summed E-state index contributed by atoms with van der Waals surface area (Å²) in [5.41, 5.74) is 7.09. The van der Waals surface area contributed by atoms with Gasteiger partial charge >= 0.3 is 6.18 Å². The van der Waals surface area contributed by atoms with E-state index in [0.29, 0.717) is 35.2 Å². The van der Waals surface area contributed by atoms with Gasteiger partial charge in [0.15, 0.2) is 0 Å². The summed E-state index contributed by atoms with van der Waals surface area (Å²) >= 11 is 0. The molecule has 0 radical (unpaired) electrons. The minimum atomic E-state index is -4.37. The van der Waals surface area contributed by atoms with Crippen molar-refractivity contribution in [3.63, 3.8) is 0 Å². The lowest BCUT2D eigenvalue weighted by molar-refractivity contribution is -0.140. The number of nitrogen functional groups attached to an aromatic ring is 1. The second-order valence-electron chi connectivity index (χ2n) is 6.22. The van der Waals surface area contributed by atoms with Crippen LogP contribution in [-0.4, -0.2) is 42.0 Å². The number of piperidine rings is 1. The van der Waals surface area contributed by atoms with Crippen LogP contribution in [0.5, 0.6) is 0 Å². The van der Waals surface area contributed by atoms with E-state index < -0.39 is 24.8 Å². The zero-order valence-corrected chi connectivity index (χ0v) is 12.8. The predicted octanol–water partition coefficient (Wildman–Crippen LogP) is 3.54. The fourth-order valence-corrected chi connectivity index (χ4v) is 3.38. The quantitative estimate of drug-likeness (QED) is 0.675. The van der Waals surface area contributed by atoms with E-state index in [2.05, 4.69) is 0 Å². The highest BCUT2D eigenvalue weighted by atomic mass is 19.4. The van der Waals surface area contributed by atoms with Crippen LogP contribution in [0.4, 0.5) is 23.2 Å². The molecule has 7 heteroatoms. The van der Waals surface area contributed by atoms with E-state index >= 15 is 0 Å². The van der Waals surface area contributed by atoms with Gasteiger partial charge in [0.2, 0.25) is 0 Å². The fourth-order valence-electron chi connectivity index (χ4n) is 3.38. The molecule has 0 saturated carbocycles. The maximum absolute atomic E-state index is 14.5. The number of benzene rings is 1. The van der Waals surface area contributed by atoms with E-state index in [4.69, 9.17) is 5.73 Å². The van der Waals surface area contributed by atoms with Gasteiger partial charge in [-0.3, -0.25) is 0 Å². The monoisotopic (exact) mass is 329 g/mol. The van der Waals surface area contributed by atoms with Gasteiger partial charge in [-0.2, -0.15) is 13.2 Å². The summed E-state index contributed by atoms with van der Waals surface area (Å²) in [6.07, 6.45) is -5.07. The van der Waals surface area contributed by atoms with Crippen molar-refractivity contribution in [3.05, 3.63) is 30.0 Å². The number of aromatic nitrogens is 1. The van der Waals surface area contributed by atoms with Crippen molar-refractivity contribution in [2.24, 2.45) is 0 Å². The molecule has 1 saturated heterocycles. The van der Waals surface area contributed by atoms with Crippen LogP contribution in [0.15, 0.2) is 24.3 Å². The van der Waals surface area contributed by atoms with Gasteiger partial charge in [0.1, 0.15) is 12.7 Å². The molecular formula is C16H19F4N3. The van der Waals surface area contributed by atoms with Crippen molar-refractivity contribution in [2.75, 3.05) is 25.9 Å². The number of fused-ring (bicyclic) bond motifs is 1. The third-order valence-electron chi connectivity index (χ3n) is 4.47. The zero-order chi connectivity index (χ0) is 16.8. The molecule has 0 aliphatic carbocycles. The highest BCUT2D eigenvalue weighted by molar-refractivity contribution is 5.92. The Balaban J connectivity index is 2.11. The van der Waals surface area contributed by atoms with Gasteiger partial charge in [-0.1, -0.05) is 6.07 Å². The van der Waals surface area contributed by atoms with E-state index in [-0.39, 0.29) is 6.54 Å². The second kappa shape index (κ2) is 5.70. The molecule has 2 N–H and O–H groups in total. The van der Waals surface area contributed by atoms with Crippen LogP contribution in [0.1, 0.15) is 18.0 Å². The molecule has 0 amide bonds. The maximum Gasteiger partial charge on any atom is 0.406 e. The molecule has 0 spiro atoms. The number of halogens is 4. The number of hydrogen-bond donors (Lipinski definition) is 1. The molecule has 0 unspecified atom stereocenters. The summed E-state index contributed by atoms with van der Waals surface area (Å²) in [4.78, 5) is 1.85. The lowest BCUT2D eigenvalue weighted by Gasteiger charge is -2.33. The Morgan fingerprint density at radius 3 is 2.70 bits per heavy atom. The van der Waals surface area contributed by atoms with Crippen molar-refractivity contribution < 1.29 is 17.6 Å². The molecule has 3 nitrogen and oxygen atoms in total. The molecule has 2 atom stereocenters. The number of anilines is 1. The summed E-state index contributed by atoms with van der Waals surface area (Å²) in [6, 6.07) is 6.49. The topological polar surface area (TPSA) is 34.2 Å². The highest BCUT2D eigenvalue weighted by Crippen LogP contribution is 2.37. The average molecular weight is 329 g/mol. The summed E-state index contributed by atoms with van der Waals surface area (Å²) < 4.78 is 54.6. The maximum atomic E-state index is 14.5. The van der Waals surface area contributed by atoms with Crippen molar-refractivity contribution in [3.8, 4) is 0 Å². The van der Waals surface area contributed by atoms with E-state index in [0.717, 1.165) is 0 Å². The molecule has 2 aromatic rings. The smallest absolute Gasteiger partial charge is 0.398 e. The summed E-state index contributed by atoms with van der Waals surface area (Å²) in [5.74, 6) is -0.541. The van der Waals surface area contributed by atoms with Crippen LogP contribution in [0, 0.1) is 0 Å². The highest BCUT2D eigenvalue weighted by Gasteiger charge is 2.35. The third-order valence-corrected chi connectivity index (χ3v) is 4.47. The molecule has 126 valence electrons. The molecule has 1 fully saturated rings. The number of nitrogens with two attached hydrogens (primary N) is 1. The van der Waals surface area contributed by atoms with Gasteiger partial charge in [-0.15, -0.1) is 0 Å². The first-order valence-electron chi connectivity index (χ1n) is 7.53. The molecular weight excluding hydrogens is 310 g/mol. The first-order valence-corrected chi connectivity index (χ1v) is 7.53. The molecule has 1 aliphatic heterocycles. The number of alkyl halides is 4. The minimum Gasteiger partial charge on any atom is -0.398 e. The van der Waals surface area contributed by atoms with Crippen molar-refractivity contribution in [1.82, 2.24) is 9.47 Å². The standard InChI is InChI=1S/C16H19F4N3/c1-22-6-5-10(12(17)8-22)15-7-11-13(21)3-2-4-14(11)23(15)9-16(18,19)20/h2-4,7,10,12H,5-6,8-9,21H2,1H3/t10-,12+/m1/s1. The summed E-state index contributed by atoms with van der Waals surface area (Å²) in [6.45, 7) is -0.240. The SMILES string of the molecule is CN1CC[C@@H](c2cc3c(N)cccc3n2CC(F)(F)F)[C@@H](F)C1. The van der Waals surface area contributed by atoms with Crippen LogP contribution < -0.4 is 5.73 Å². The molecule has 1 aromatic heterocycles. The van der Waals surface area contributed by atoms with Gasteiger partial charge < -0.3 is 15.2 Å². The van der Waals surface area contributed by atoms with Crippen LogP contribution in [0.3, 0.4) is 0 Å². The normalized spacial score (nSPS) is 23.5. The first kappa shape index (κ1) is 16.1. The van der Waals surface area contributed by atoms with Crippen molar-refractivity contribution in [2.45, 2.75) is 31.2 Å². The Bertz CT molecular complexity index is 707. The van der Waals surface area contributed by atoms with Gasteiger partial charge in [0.25, 0.3) is 0 Å². The molecule has 2 heterocycles. The number of hydrogen-bond acceptors (Lipinski definition) is 2. The van der Waals surface area contributed by atoms with E-state index in [1.54, 1.807) is 24.3 Å². The molecule has 3 rings (SSSR count). The number of nitrogens with zero attached hydrogens (tertiary/aromatic N) is 2. The molecule has 1 aliphatic rings. The lowest BCUT2D eigenvalue weighted by atomic mass is 9.91. The number of rotatable bonds is 2. The summed E-state index contributed by atoms with van der Waals surface area (Å²) in [5, 5.41) is 0.554. The van der Waals surface area contributed by atoms with Crippen LogP contribution in [0.2, 0.25) is 0 Å². The van der Waals surface area contributed by atoms with Crippen molar-refractivity contribution in [1.29, 1.82) is 0 Å². The average Bonchev–Trinajstić information content (AvgIpc) is 2.77. The van der Waals surface area contributed by atoms with Gasteiger partial charge in [-0.05, 0) is 38.2 Å². The predicted molar refractivity (Wildman–Crippen MR) is 82.2 cm³/mol. The Hall–Kier alpha value is -1.76. The lowest BCUT2D eigenvalue weighted by Crippen LogP contribution is -2.39. The second-order valence-corrected chi connectivity index (χ2v) is 6.22. The Morgan fingerprint density at radius 2 is 2.04 bits per heavy atom. The van der Waals surface area contributed by atoms with Crippen molar-refractivity contribution >= 4 is 16.6 Å². The van der Waals surface area contributed by atoms with Gasteiger partial charge in [-0.25, -0.2) is 4.39 Å². The fraction of sp³-hybridized carbons (Fsp3) is 0.500. The molecule has 23 heavy (non-hydrogen) atoms. The largest absolute Gasteiger partial charge is 0.406 e. The number of likely N-dealkylation sites (tertiary alicyclic amines) is 1. The van der Waals surface area contributed by atoms with E-state index in [1.807, 2.05) is 11.9 Å². The Morgan fingerprint density at radius 1 is 1.30 bits per heavy atom. The van der Waals surface area contributed by atoms with E-state index in [9.17, 15) is 17.6 Å². The van der Waals surface area contributed by atoms with Gasteiger partial charge in [0, 0.05) is 29.2 Å².